The third-order valence-electron chi connectivity index (χ3n) is 4.25. The molecule has 96 valence electrons. The minimum Gasteiger partial charge on any atom is -0.382 e. The monoisotopic (exact) mass is 259 g/mol. The average Bonchev–Trinajstić information content (AvgIpc) is 2.87. The SMILES string of the molecule is CCC1CCC(Nc2ccc3sccc3c2)CC1. The van der Waals surface area contributed by atoms with Crippen LogP contribution in [0.3, 0.4) is 0 Å². The first-order chi connectivity index (χ1) is 8.85. The fourth-order valence-corrected chi connectivity index (χ4v) is 3.78. The highest BCUT2D eigenvalue weighted by molar-refractivity contribution is 7.17. The molecule has 1 aliphatic rings. The van der Waals surface area contributed by atoms with Crippen LogP contribution in [0.1, 0.15) is 39.0 Å². The number of rotatable bonds is 3. The maximum absolute atomic E-state index is 3.71. The fraction of sp³-hybridized carbons (Fsp3) is 0.500. The molecule has 3 rings (SSSR count). The molecular weight excluding hydrogens is 238 g/mol. The first kappa shape index (κ1) is 12.0. The van der Waals surface area contributed by atoms with E-state index in [4.69, 9.17) is 0 Å². The number of fused-ring (bicyclic) bond motifs is 1. The summed E-state index contributed by atoms with van der Waals surface area (Å²) in [5, 5.41) is 7.25. The van der Waals surface area contributed by atoms with Gasteiger partial charge < -0.3 is 5.32 Å². The van der Waals surface area contributed by atoms with E-state index in [9.17, 15) is 0 Å². The van der Waals surface area contributed by atoms with E-state index in [1.54, 1.807) is 0 Å². The number of thiophene rings is 1. The maximum Gasteiger partial charge on any atom is 0.0349 e. The normalized spacial score (nSPS) is 24.3. The van der Waals surface area contributed by atoms with Gasteiger partial charge in [0.15, 0.2) is 0 Å². The van der Waals surface area contributed by atoms with E-state index < -0.39 is 0 Å². The maximum atomic E-state index is 3.71. The van der Waals surface area contributed by atoms with Gasteiger partial charge in [-0.15, -0.1) is 11.3 Å². The highest BCUT2D eigenvalue weighted by atomic mass is 32.1. The molecule has 0 saturated heterocycles. The van der Waals surface area contributed by atoms with Crippen molar-refractivity contribution >= 4 is 27.1 Å². The molecule has 2 heteroatoms. The second kappa shape index (κ2) is 5.31. The molecule has 1 aromatic carbocycles. The number of hydrogen-bond acceptors (Lipinski definition) is 2. The molecular formula is C16H21NS. The highest BCUT2D eigenvalue weighted by Crippen LogP contribution is 2.30. The first-order valence-corrected chi connectivity index (χ1v) is 7.97. The Bertz CT molecular complexity index is 509. The number of anilines is 1. The van der Waals surface area contributed by atoms with E-state index in [0.717, 1.165) is 5.92 Å². The number of nitrogens with one attached hydrogen (secondary N) is 1. The van der Waals surface area contributed by atoms with Gasteiger partial charge in [-0.3, -0.25) is 0 Å². The zero-order valence-corrected chi connectivity index (χ0v) is 11.8. The second-order valence-corrected chi connectivity index (χ2v) is 6.39. The summed E-state index contributed by atoms with van der Waals surface area (Å²) < 4.78 is 1.38. The molecule has 0 bridgehead atoms. The summed E-state index contributed by atoms with van der Waals surface area (Å²) in [6.07, 6.45) is 6.82. The van der Waals surface area contributed by atoms with Crippen LogP contribution in [0.15, 0.2) is 29.6 Å². The largest absolute Gasteiger partial charge is 0.382 e. The zero-order valence-electron chi connectivity index (χ0n) is 11.0. The van der Waals surface area contributed by atoms with Gasteiger partial charge in [-0.05, 0) is 66.6 Å². The molecule has 1 N–H and O–H groups in total. The van der Waals surface area contributed by atoms with Crippen LogP contribution in [0.5, 0.6) is 0 Å². The van der Waals surface area contributed by atoms with Crippen molar-refractivity contribution in [2.45, 2.75) is 45.1 Å². The van der Waals surface area contributed by atoms with E-state index in [2.05, 4.69) is 41.9 Å². The molecule has 1 aliphatic carbocycles. The average molecular weight is 259 g/mol. The van der Waals surface area contributed by atoms with E-state index in [1.807, 2.05) is 11.3 Å². The van der Waals surface area contributed by atoms with E-state index in [-0.39, 0.29) is 0 Å². The Balaban J connectivity index is 1.65. The molecule has 2 aromatic rings. The van der Waals surface area contributed by atoms with E-state index >= 15 is 0 Å². The topological polar surface area (TPSA) is 12.0 Å². The van der Waals surface area contributed by atoms with Crippen molar-refractivity contribution in [2.75, 3.05) is 5.32 Å². The summed E-state index contributed by atoms with van der Waals surface area (Å²) in [4.78, 5) is 0. The molecule has 0 spiro atoms. The van der Waals surface area contributed by atoms with Gasteiger partial charge in [0, 0.05) is 16.4 Å². The fourth-order valence-electron chi connectivity index (χ4n) is 3.01. The summed E-state index contributed by atoms with van der Waals surface area (Å²) in [6.45, 7) is 2.32. The van der Waals surface area contributed by atoms with Crippen LogP contribution < -0.4 is 5.32 Å². The van der Waals surface area contributed by atoms with Crippen molar-refractivity contribution in [3.8, 4) is 0 Å². The van der Waals surface area contributed by atoms with Crippen molar-refractivity contribution in [1.82, 2.24) is 0 Å². The van der Waals surface area contributed by atoms with Crippen molar-refractivity contribution in [3.05, 3.63) is 29.6 Å². The van der Waals surface area contributed by atoms with Gasteiger partial charge in [-0.1, -0.05) is 13.3 Å². The standard InChI is InChI=1S/C16H21NS/c1-2-12-3-5-14(6-4-12)17-15-7-8-16-13(11-15)9-10-18-16/h7-12,14,17H,2-6H2,1H3. The van der Waals surface area contributed by atoms with Crippen LogP contribution in [0.25, 0.3) is 10.1 Å². The van der Waals surface area contributed by atoms with Gasteiger partial charge in [0.1, 0.15) is 0 Å². The summed E-state index contributed by atoms with van der Waals surface area (Å²) in [5.74, 6) is 0.974. The van der Waals surface area contributed by atoms with Crippen LogP contribution in [-0.2, 0) is 0 Å². The zero-order chi connectivity index (χ0) is 12.4. The van der Waals surface area contributed by atoms with Crippen LogP contribution in [0, 0.1) is 5.92 Å². The van der Waals surface area contributed by atoms with Crippen LogP contribution >= 0.6 is 11.3 Å². The van der Waals surface area contributed by atoms with Crippen molar-refractivity contribution in [3.63, 3.8) is 0 Å². The van der Waals surface area contributed by atoms with Gasteiger partial charge >= 0.3 is 0 Å². The third-order valence-corrected chi connectivity index (χ3v) is 5.15. The van der Waals surface area contributed by atoms with Gasteiger partial charge in [-0.25, -0.2) is 0 Å². The first-order valence-electron chi connectivity index (χ1n) is 7.09. The molecule has 1 fully saturated rings. The Morgan fingerprint density at radius 2 is 2.00 bits per heavy atom. The molecule has 0 unspecified atom stereocenters. The lowest BCUT2D eigenvalue weighted by atomic mass is 9.84. The molecule has 0 radical (unpaired) electrons. The van der Waals surface area contributed by atoms with Gasteiger partial charge in [-0.2, -0.15) is 0 Å². The Kier molecular flexibility index (Phi) is 3.55. The van der Waals surface area contributed by atoms with Gasteiger partial charge in [0.05, 0.1) is 0 Å². The minimum absolute atomic E-state index is 0.684. The lowest BCUT2D eigenvalue weighted by molar-refractivity contribution is 0.330. The number of hydrogen-bond donors (Lipinski definition) is 1. The Labute approximate surface area is 113 Å². The predicted molar refractivity (Wildman–Crippen MR) is 81.5 cm³/mol. The van der Waals surface area contributed by atoms with Gasteiger partial charge in [0.2, 0.25) is 0 Å². The van der Waals surface area contributed by atoms with Crippen LogP contribution in [-0.4, -0.2) is 6.04 Å². The Morgan fingerprint density at radius 3 is 2.78 bits per heavy atom. The summed E-state index contributed by atoms with van der Waals surface area (Å²) in [5.41, 5.74) is 1.29. The Morgan fingerprint density at radius 1 is 1.17 bits per heavy atom. The number of benzene rings is 1. The van der Waals surface area contributed by atoms with Crippen molar-refractivity contribution < 1.29 is 0 Å². The van der Waals surface area contributed by atoms with Crippen molar-refractivity contribution in [1.29, 1.82) is 0 Å². The Hall–Kier alpha value is -1.02. The molecule has 0 aliphatic heterocycles. The third kappa shape index (κ3) is 2.54. The highest BCUT2D eigenvalue weighted by Gasteiger charge is 2.19. The lowest BCUT2D eigenvalue weighted by Gasteiger charge is -2.29. The van der Waals surface area contributed by atoms with Crippen LogP contribution in [0.2, 0.25) is 0 Å². The smallest absolute Gasteiger partial charge is 0.0349 e. The van der Waals surface area contributed by atoms with E-state index in [0.29, 0.717) is 6.04 Å². The van der Waals surface area contributed by atoms with Crippen LogP contribution in [0.4, 0.5) is 5.69 Å². The predicted octanol–water partition coefficient (Wildman–Crippen LogP) is 5.28. The molecule has 18 heavy (non-hydrogen) atoms. The summed E-state index contributed by atoms with van der Waals surface area (Å²) in [7, 11) is 0. The summed E-state index contributed by atoms with van der Waals surface area (Å²) >= 11 is 1.82. The molecule has 1 saturated carbocycles. The quantitative estimate of drug-likeness (QED) is 0.790. The molecule has 1 aromatic heterocycles. The van der Waals surface area contributed by atoms with Gasteiger partial charge in [0.25, 0.3) is 0 Å². The molecule has 0 atom stereocenters. The van der Waals surface area contributed by atoms with E-state index in [1.165, 1.54) is 47.9 Å². The lowest BCUT2D eigenvalue weighted by Crippen LogP contribution is -2.25. The minimum atomic E-state index is 0.684. The molecule has 1 heterocycles. The summed E-state index contributed by atoms with van der Waals surface area (Å²) in [6, 6.07) is 9.64. The molecule has 0 amide bonds. The molecule has 1 nitrogen and oxygen atoms in total. The second-order valence-electron chi connectivity index (χ2n) is 5.44. The van der Waals surface area contributed by atoms with Crippen molar-refractivity contribution in [2.24, 2.45) is 5.92 Å².